The maximum Gasteiger partial charge on any atom is 0.258 e. The molecule has 0 bridgehead atoms. The van der Waals surface area contributed by atoms with Crippen LogP contribution < -0.4 is 10.6 Å². The summed E-state index contributed by atoms with van der Waals surface area (Å²) in [6.07, 6.45) is 3.07. The first-order chi connectivity index (χ1) is 11.3. The van der Waals surface area contributed by atoms with E-state index in [0.717, 1.165) is 12.2 Å². The summed E-state index contributed by atoms with van der Waals surface area (Å²) < 4.78 is 0. The third-order valence-electron chi connectivity index (χ3n) is 3.59. The molecule has 2 rings (SSSR count). The smallest absolute Gasteiger partial charge is 0.258 e. The highest BCUT2D eigenvalue weighted by Gasteiger charge is 2.13. The Hall–Kier alpha value is -2.43. The Labute approximate surface area is 143 Å². The minimum absolute atomic E-state index is 0.0925. The van der Waals surface area contributed by atoms with E-state index in [9.17, 15) is 4.79 Å². The minimum Gasteiger partial charge on any atom is -0.354 e. The van der Waals surface area contributed by atoms with Crippen LogP contribution in [0.5, 0.6) is 0 Å². The highest BCUT2D eigenvalue weighted by atomic mass is 16.1. The lowest BCUT2D eigenvalue weighted by Crippen LogP contribution is -2.15. The molecule has 0 atom stereocenters. The van der Waals surface area contributed by atoms with Crippen LogP contribution in [0.2, 0.25) is 0 Å². The van der Waals surface area contributed by atoms with Crippen LogP contribution >= 0.6 is 0 Å². The van der Waals surface area contributed by atoms with Crippen molar-refractivity contribution in [2.24, 2.45) is 5.92 Å². The quantitative estimate of drug-likeness (QED) is 0.868. The molecular weight excluding hydrogens is 300 g/mol. The van der Waals surface area contributed by atoms with E-state index in [1.54, 1.807) is 0 Å². The highest BCUT2D eigenvalue weighted by Crippen LogP contribution is 2.23. The Bertz CT molecular complexity index is 670. The monoisotopic (exact) mass is 326 g/mol. The summed E-state index contributed by atoms with van der Waals surface area (Å²) in [5.74, 6) is 0.830. The van der Waals surface area contributed by atoms with Crippen molar-refractivity contribution in [2.45, 2.75) is 40.0 Å². The van der Waals surface area contributed by atoms with Gasteiger partial charge in [0.05, 0.1) is 5.56 Å². The van der Waals surface area contributed by atoms with Gasteiger partial charge in [0.1, 0.15) is 0 Å². The van der Waals surface area contributed by atoms with E-state index < -0.39 is 0 Å². The third-order valence-corrected chi connectivity index (χ3v) is 3.59. The van der Waals surface area contributed by atoms with Gasteiger partial charge in [0.2, 0.25) is 5.95 Å². The molecule has 1 aromatic heterocycles. The summed E-state index contributed by atoms with van der Waals surface area (Å²) in [4.78, 5) is 20.6. The van der Waals surface area contributed by atoms with Gasteiger partial charge in [-0.3, -0.25) is 4.79 Å². The van der Waals surface area contributed by atoms with Crippen LogP contribution in [-0.4, -0.2) is 22.4 Å². The second-order valence-electron chi connectivity index (χ2n) is 7.35. The van der Waals surface area contributed by atoms with E-state index in [-0.39, 0.29) is 11.3 Å². The predicted octanol–water partition coefficient (Wildman–Crippen LogP) is 4.09. The molecule has 5 nitrogen and oxygen atoms in total. The van der Waals surface area contributed by atoms with Gasteiger partial charge >= 0.3 is 0 Å². The van der Waals surface area contributed by atoms with E-state index in [1.807, 2.05) is 24.3 Å². The van der Waals surface area contributed by atoms with Crippen molar-refractivity contribution in [1.29, 1.82) is 0 Å². The predicted molar refractivity (Wildman–Crippen MR) is 98.5 cm³/mol. The van der Waals surface area contributed by atoms with Crippen molar-refractivity contribution in [1.82, 2.24) is 9.97 Å². The zero-order valence-corrected chi connectivity index (χ0v) is 15.1. The highest BCUT2D eigenvalue weighted by molar-refractivity contribution is 6.03. The molecule has 1 amide bonds. The molecule has 0 aliphatic heterocycles. The molecule has 0 aliphatic carbocycles. The van der Waals surface area contributed by atoms with Gasteiger partial charge in [0, 0.05) is 24.6 Å². The third kappa shape index (κ3) is 5.05. The summed E-state index contributed by atoms with van der Waals surface area (Å²) >= 11 is 0. The van der Waals surface area contributed by atoms with Crippen LogP contribution in [-0.2, 0) is 5.41 Å². The second kappa shape index (κ2) is 7.43. The van der Waals surface area contributed by atoms with E-state index in [4.69, 9.17) is 0 Å². The normalized spacial score (nSPS) is 11.4. The Morgan fingerprint density at radius 2 is 1.67 bits per heavy atom. The molecule has 0 fully saturated rings. The Kier molecular flexibility index (Phi) is 5.54. The molecule has 0 saturated heterocycles. The standard InChI is InChI=1S/C19H26N4O/c1-13(2)10-20-18-21-11-14(12-22-18)17(24)23-16-8-6-15(7-9-16)19(3,4)5/h6-9,11-13H,10H2,1-5H3,(H,23,24)(H,20,21,22). The van der Waals surface area contributed by atoms with Crippen LogP contribution in [0.15, 0.2) is 36.7 Å². The number of carbonyl (C=O) groups is 1. The zero-order valence-electron chi connectivity index (χ0n) is 15.1. The molecule has 0 aliphatic rings. The molecular formula is C19H26N4O. The van der Waals surface area contributed by atoms with Gasteiger partial charge in [-0.1, -0.05) is 46.8 Å². The number of amides is 1. The number of rotatable bonds is 5. The average molecular weight is 326 g/mol. The number of nitrogens with one attached hydrogen (secondary N) is 2. The maximum absolute atomic E-state index is 12.3. The first kappa shape index (κ1) is 17.9. The van der Waals surface area contributed by atoms with Gasteiger partial charge < -0.3 is 10.6 Å². The van der Waals surface area contributed by atoms with E-state index >= 15 is 0 Å². The van der Waals surface area contributed by atoms with E-state index in [0.29, 0.717) is 17.4 Å². The topological polar surface area (TPSA) is 66.9 Å². The Morgan fingerprint density at radius 1 is 1.08 bits per heavy atom. The number of benzene rings is 1. The summed E-state index contributed by atoms with van der Waals surface area (Å²) in [6, 6.07) is 7.89. The Morgan fingerprint density at radius 3 is 2.17 bits per heavy atom. The van der Waals surface area contributed by atoms with Gasteiger partial charge in [-0.15, -0.1) is 0 Å². The van der Waals surface area contributed by atoms with Gasteiger partial charge in [-0.2, -0.15) is 0 Å². The van der Waals surface area contributed by atoms with Crippen molar-refractivity contribution in [3.05, 3.63) is 47.8 Å². The fourth-order valence-electron chi connectivity index (χ4n) is 2.09. The van der Waals surface area contributed by atoms with Crippen molar-refractivity contribution < 1.29 is 4.79 Å². The number of anilines is 2. The molecule has 0 saturated carbocycles. The summed E-state index contributed by atoms with van der Waals surface area (Å²) in [7, 11) is 0. The van der Waals surface area contributed by atoms with Gasteiger partial charge in [-0.05, 0) is 29.0 Å². The molecule has 1 aromatic carbocycles. The number of hydrogen-bond donors (Lipinski definition) is 2. The lowest BCUT2D eigenvalue weighted by molar-refractivity contribution is 0.102. The van der Waals surface area contributed by atoms with Crippen LogP contribution in [0, 0.1) is 5.92 Å². The van der Waals surface area contributed by atoms with Crippen LogP contribution in [0.1, 0.15) is 50.5 Å². The lowest BCUT2D eigenvalue weighted by atomic mass is 9.87. The zero-order chi connectivity index (χ0) is 17.7. The van der Waals surface area contributed by atoms with E-state index in [2.05, 4.69) is 55.2 Å². The fraction of sp³-hybridized carbons (Fsp3) is 0.421. The second-order valence-corrected chi connectivity index (χ2v) is 7.35. The van der Waals surface area contributed by atoms with Crippen LogP contribution in [0.25, 0.3) is 0 Å². The molecule has 2 aromatic rings. The van der Waals surface area contributed by atoms with Crippen molar-refractivity contribution in [3.63, 3.8) is 0 Å². The average Bonchev–Trinajstić information content (AvgIpc) is 2.53. The van der Waals surface area contributed by atoms with Gasteiger partial charge in [0.15, 0.2) is 0 Å². The molecule has 0 radical (unpaired) electrons. The molecule has 2 N–H and O–H groups in total. The Balaban J connectivity index is 1.99. The molecule has 1 heterocycles. The number of aromatic nitrogens is 2. The van der Waals surface area contributed by atoms with Crippen LogP contribution in [0.3, 0.4) is 0 Å². The molecule has 128 valence electrons. The molecule has 0 unspecified atom stereocenters. The summed E-state index contributed by atoms with van der Waals surface area (Å²) in [5.41, 5.74) is 2.51. The van der Waals surface area contributed by atoms with E-state index in [1.165, 1.54) is 18.0 Å². The lowest BCUT2D eigenvalue weighted by Gasteiger charge is -2.19. The number of nitrogens with zero attached hydrogens (tertiary/aromatic N) is 2. The molecule has 5 heteroatoms. The molecule has 24 heavy (non-hydrogen) atoms. The first-order valence-corrected chi connectivity index (χ1v) is 8.23. The SMILES string of the molecule is CC(C)CNc1ncc(C(=O)Nc2ccc(C(C)(C)C)cc2)cn1. The maximum atomic E-state index is 12.3. The van der Waals surface area contributed by atoms with Gasteiger partial charge in [-0.25, -0.2) is 9.97 Å². The number of carbonyl (C=O) groups excluding carboxylic acids is 1. The largest absolute Gasteiger partial charge is 0.354 e. The number of hydrogen-bond acceptors (Lipinski definition) is 4. The van der Waals surface area contributed by atoms with Crippen molar-refractivity contribution in [2.75, 3.05) is 17.2 Å². The minimum atomic E-state index is -0.214. The van der Waals surface area contributed by atoms with Gasteiger partial charge in [0.25, 0.3) is 5.91 Å². The fourth-order valence-corrected chi connectivity index (χ4v) is 2.09. The van der Waals surface area contributed by atoms with Crippen LogP contribution in [0.4, 0.5) is 11.6 Å². The first-order valence-electron chi connectivity index (χ1n) is 8.23. The summed E-state index contributed by atoms with van der Waals surface area (Å²) in [6.45, 7) is 11.5. The molecule has 0 spiro atoms. The summed E-state index contributed by atoms with van der Waals surface area (Å²) in [5, 5.41) is 5.99. The van der Waals surface area contributed by atoms with Crippen molar-refractivity contribution >= 4 is 17.5 Å². The van der Waals surface area contributed by atoms with Crippen molar-refractivity contribution in [3.8, 4) is 0 Å².